The van der Waals surface area contributed by atoms with Gasteiger partial charge in [-0.2, -0.15) is 0 Å². The topological polar surface area (TPSA) is 110 Å². The van der Waals surface area contributed by atoms with Gasteiger partial charge >= 0.3 is 0 Å². The van der Waals surface area contributed by atoms with Crippen molar-refractivity contribution in [3.63, 3.8) is 0 Å². The summed E-state index contributed by atoms with van der Waals surface area (Å²) in [4.78, 5) is 15.0. The molecular weight excluding hydrogens is 594 g/mol. The Labute approximate surface area is 280 Å². The van der Waals surface area contributed by atoms with Gasteiger partial charge in [0, 0.05) is 48.4 Å². The minimum Gasteiger partial charge on any atom is -0.370 e. The number of anilines is 4. The predicted octanol–water partition coefficient (Wildman–Crippen LogP) is 6.04. The van der Waals surface area contributed by atoms with Crippen molar-refractivity contribution in [3.8, 4) is 0 Å². The predicted molar refractivity (Wildman–Crippen MR) is 194 cm³/mol. The molecule has 9 rings (SSSR count). The third kappa shape index (κ3) is 4.73. The molecule has 1 aromatic heterocycles. The lowest BCUT2D eigenvalue weighted by Gasteiger charge is -2.34. The summed E-state index contributed by atoms with van der Waals surface area (Å²) in [6, 6.07) is 40.2. The van der Waals surface area contributed by atoms with Crippen LogP contribution < -0.4 is 31.9 Å². The van der Waals surface area contributed by atoms with Gasteiger partial charge in [0.15, 0.2) is 11.3 Å². The molecule has 6 N–H and O–H groups in total. The molecule has 2 unspecified atom stereocenters. The first kappa shape index (κ1) is 28.4. The minimum atomic E-state index is -0.804. The highest BCUT2D eigenvalue weighted by atomic mass is 15.3. The van der Waals surface area contributed by atoms with Gasteiger partial charge < -0.3 is 31.9 Å². The van der Waals surface area contributed by atoms with Crippen LogP contribution in [0.2, 0.25) is 0 Å². The molecule has 9 nitrogen and oxygen atoms in total. The number of benzene rings is 4. The number of hydrogen-bond acceptors (Lipinski definition) is 9. The normalized spacial score (nSPS) is 22.2. The first-order chi connectivity index (χ1) is 23.7. The maximum absolute atomic E-state index is 5.50. The highest BCUT2D eigenvalue weighted by Gasteiger charge is 2.45. The molecule has 0 fully saturated rings. The van der Waals surface area contributed by atoms with E-state index in [0.29, 0.717) is 0 Å². The molecule has 0 bridgehead atoms. The van der Waals surface area contributed by atoms with Gasteiger partial charge in [-0.05, 0) is 61.4 Å². The van der Waals surface area contributed by atoms with Gasteiger partial charge in [-0.3, -0.25) is 9.98 Å². The van der Waals surface area contributed by atoms with Crippen LogP contribution in [-0.4, -0.2) is 42.8 Å². The number of hydrogen-bond donors (Lipinski definition) is 6. The standard InChI is InChI=1S/C39H37N9/c1-3-10-28(11-4-1)38(45-30-18-16-26(24-32(30)47-38)36-40-20-8-21-41-36)34-14-7-15-35(44-34)39(29-12-5-2-6-13-29)46-31-19-17-27(25-33(31)48-39)37-42-22-9-23-43-37/h1-7,10-19,24-25,45-48H,8-9,20-23H2,(H,40,41)(H,42,43). The number of nitrogens with zero attached hydrogens (tertiary/aromatic N) is 3. The highest BCUT2D eigenvalue weighted by Crippen LogP contribution is 2.46. The number of amidine groups is 2. The fraction of sp³-hybridized carbons (Fsp3) is 0.205. The van der Waals surface area contributed by atoms with Gasteiger partial charge in [0.2, 0.25) is 0 Å². The van der Waals surface area contributed by atoms with Crippen molar-refractivity contribution < 1.29 is 0 Å². The van der Waals surface area contributed by atoms with E-state index >= 15 is 0 Å². The Morgan fingerprint density at radius 3 is 1.35 bits per heavy atom. The molecule has 0 spiro atoms. The number of pyridine rings is 1. The van der Waals surface area contributed by atoms with Crippen molar-refractivity contribution in [3.05, 3.63) is 149 Å². The Balaban J connectivity index is 1.14. The minimum absolute atomic E-state index is 0.804. The first-order valence-corrected chi connectivity index (χ1v) is 16.8. The Bertz CT molecular complexity index is 1920. The van der Waals surface area contributed by atoms with Gasteiger partial charge in [0.1, 0.15) is 11.7 Å². The Kier molecular flexibility index (Phi) is 6.77. The molecule has 9 heteroatoms. The first-order valence-electron chi connectivity index (χ1n) is 16.8. The molecule has 4 aliphatic heterocycles. The Morgan fingerprint density at radius 1 is 0.458 bits per heavy atom. The van der Waals surface area contributed by atoms with E-state index in [0.717, 1.165) is 107 Å². The molecule has 5 heterocycles. The van der Waals surface area contributed by atoms with Gasteiger partial charge in [0.25, 0.3) is 0 Å². The number of aromatic nitrogens is 1. The molecule has 5 aromatic rings. The lowest BCUT2D eigenvalue weighted by atomic mass is 9.92. The van der Waals surface area contributed by atoms with Crippen LogP contribution in [0.25, 0.3) is 0 Å². The number of aliphatic imine (C=N–C) groups is 2. The molecule has 48 heavy (non-hydrogen) atoms. The summed E-state index contributed by atoms with van der Waals surface area (Å²) in [7, 11) is 0. The lowest BCUT2D eigenvalue weighted by molar-refractivity contribution is 0.629. The number of fused-ring (bicyclic) bond motifs is 2. The van der Waals surface area contributed by atoms with Crippen LogP contribution in [0.1, 0.15) is 46.5 Å². The van der Waals surface area contributed by atoms with Crippen LogP contribution in [0.15, 0.2) is 125 Å². The zero-order chi connectivity index (χ0) is 32.0. The van der Waals surface area contributed by atoms with Crippen molar-refractivity contribution in [2.45, 2.75) is 24.2 Å². The third-order valence-electron chi connectivity index (χ3n) is 9.60. The third-order valence-corrected chi connectivity index (χ3v) is 9.60. The zero-order valence-electron chi connectivity index (χ0n) is 26.6. The molecule has 2 atom stereocenters. The summed E-state index contributed by atoms with van der Waals surface area (Å²) < 4.78 is 0. The monoisotopic (exact) mass is 631 g/mol. The van der Waals surface area contributed by atoms with Gasteiger partial charge in [-0.1, -0.05) is 66.7 Å². The van der Waals surface area contributed by atoms with Gasteiger partial charge in [-0.25, -0.2) is 4.98 Å². The van der Waals surface area contributed by atoms with E-state index in [1.165, 1.54) is 0 Å². The van der Waals surface area contributed by atoms with Crippen LogP contribution in [0.4, 0.5) is 22.7 Å². The maximum Gasteiger partial charge on any atom is 0.178 e. The van der Waals surface area contributed by atoms with E-state index < -0.39 is 11.3 Å². The summed E-state index contributed by atoms with van der Waals surface area (Å²) in [5.74, 6) is 1.89. The van der Waals surface area contributed by atoms with Crippen molar-refractivity contribution in [2.24, 2.45) is 9.98 Å². The number of rotatable bonds is 6. The second-order valence-corrected chi connectivity index (χ2v) is 12.7. The highest BCUT2D eigenvalue weighted by molar-refractivity contribution is 6.02. The molecule has 238 valence electrons. The van der Waals surface area contributed by atoms with Crippen molar-refractivity contribution in [2.75, 3.05) is 47.4 Å². The van der Waals surface area contributed by atoms with Crippen LogP contribution in [0.5, 0.6) is 0 Å². The fourth-order valence-electron chi connectivity index (χ4n) is 7.20. The number of nitrogens with one attached hydrogen (secondary N) is 6. The zero-order valence-corrected chi connectivity index (χ0v) is 26.6. The summed E-state index contributed by atoms with van der Waals surface area (Å²) in [6.45, 7) is 3.57. The fourth-order valence-corrected chi connectivity index (χ4v) is 7.20. The smallest absolute Gasteiger partial charge is 0.178 e. The van der Waals surface area contributed by atoms with E-state index in [9.17, 15) is 0 Å². The van der Waals surface area contributed by atoms with Crippen LogP contribution in [0, 0.1) is 0 Å². The second kappa shape index (κ2) is 11.5. The van der Waals surface area contributed by atoms with E-state index in [2.05, 4.69) is 135 Å². The summed E-state index contributed by atoms with van der Waals surface area (Å²) in [5, 5.41) is 22.4. The molecule has 0 aliphatic carbocycles. The van der Waals surface area contributed by atoms with Crippen molar-refractivity contribution in [1.29, 1.82) is 0 Å². The second-order valence-electron chi connectivity index (χ2n) is 12.7. The van der Waals surface area contributed by atoms with E-state index in [4.69, 9.17) is 15.0 Å². The van der Waals surface area contributed by atoms with E-state index in [-0.39, 0.29) is 0 Å². The van der Waals surface area contributed by atoms with E-state index in [1.54, 1.807) is 0 Å². The summed E-state index contributed by atoms with van der Waals surface area (Å²) in [5.41, 5.74) is 8.42. The summed E-state index contributed by atoms with van der Waals surface area (Å²) in [6.07, 6.45) is 2.11. The molecule has 0 saturated heterocycles. The van der Waals surface area contributed by atoms with Crippen molar-refractivity contribution in [1.82, 2.24) is 15.6 Å². The quantitative estimate of drug-likeness (QED) is 0.136. The van der Waals surface area contributed by atoms with Crippen molar-refractivity contribution >= 4 is 34.4 Å². The maximum atomic E-state index is 5.50. The van der Waals surface area contributed by atoms with E-state index in [1.807, 2.05) is 12.1 Å². The Hall–Kier alpha value is -5.83. The lowest BCUT2D eigenvalue weighted by Crippen LogP contribution is -2.44. The Morgan fingerprint density at radius 2 is 0.917 bits per heavy atom. The van der Waals surface area contributed by atoms with Crippen LogP contribution in [0.3, 0.4) is 0 Å². The van der Waals surface area contributed by atoms with Crippen LogP contribution in [-0.2, 0) is 11.3 Å². The van der Waals surface area contributed by atoms with Crippen LogP contribution >= 0.6 is 0 Å². The summed E-state index contributed by atoms with van der Waals surface area (Å²) >= 11 is 0. The molecule has 4 aliphatic rings. The molecule has 0 radical (unpaired) electrons. The largest absolute Gasteiger partial charge is 0.370 e. The van der Waals surface area contributed by atoms with Gasteiger partial charge in [0.05, 0.1) is 34.1 Å². The molecular formula is C39H37N9. The molecule has 0 amide bonds. The average Bonchev–Trinajstić information content (AvgIpc) is 3.77. The molecule has 4 aromatic carbocycles. The van der Waals surface area contributed by atoms with Gasteiger partial charge in [-0.15, -0.1) is 0 Å². The molecule has 0 saturated carbocycles. The average molecular weight is 632 g/mol. The SMILES string of the molecule is c1ccc(C2(c3cccc(C4(c5ccccc5)Nc5ccc(C6=NCCCN6)cc5N4)n3)Nc3ccc(C4=NCCCN4)cc3N2)cc1.